The third-order valence-corrected chi connectivity index (χ3v) is 7.19. The number of halogens is 4. The lowest BCUT2D eigenvalue weighted by Gasteiger charge is -2.33. The second kappa shape index (κ2) is 12.3. The van der Waals surface area contributed by atoms with E-state index < -0.39 is 34.3 Å². The first-order valence-corrected chi connectivity index (χ1v) is 13.7. The van der Waals surface area contributed by atoms with Crippen LogP contribution in [-0.4, -0.2) is 50.0 Å². The van der Waals surface area contributed by atoms with Gasteiger partial charge in [-0.3, -0.25) is 13.9 Å². The van der Waals surface area contributed by atoms with Crippen LogP contribution < -0.4 is 9.62 Å². The van der Waals surface area contributed by atoms with Crippen molar-refractivity contribution in [3.63, 3.8) is 0 Å². The Labute approximate surface area is 220 Å². The number of hydrogen-bond donors (Lipinski definition) is 1. The van der Waals surface area contributed by atoms with E-state index in [2.05, 4.69) is 5.32 Å². The lowest BCUT2D eigenvalue weighted by Crippen LogP contribution is -2.53. The number of amides is 2. The van der Waals surface area contributed by atoms with Crippen molar-refractivity contribution in [3.8, 4) is 0 Å². The van der Waals surface area contributed by atoms with E-state index in [1.165, 1.54) is 11.0 Å². The summed E-state index contributed by atoms with van der Waals surface area (Å²) in [7, 11) is -3.97. The Balaban J connectivity index is 2.48. The first-order chi connectivity index (χ1) is 16.2. The van der Waals surface area contributed by atoms with E-state index in [1.807, 2.05) is 0 Å². The number of anilines is 1. The summed E-state index contributed by atoms with van der Waals surface area (Å²) in [6.45, 7) is 4.67. The minimum atomic E-state index is -3.97. The summed E-state index contributed by atoms with van der Waals surface area (Å²) in [5.41, 5.74) is 0.612. The van der Waals surface area contributed by atoms with Gasteiger partial charge < -0.3 is 10.2 Å². The fourth-order valence-electron chi connectivity index (χ4n) is 3.39. The number of nitrogens with one attached hydrogen (secondary N) is 1. The SMILES string of the molecule is CC[C@H](C(=O)NC(C)C)N(Cc1ccc(Cl)c(Cl)c1)C(=O)CN(c1ccc(F)c(Cl)c1)S(C)(=O)=O. The van der Waals surface area contributed by atoms with Crippen LogP contribution in [0.15, 0.2) is 36.4 Å². The molecule has 0 unspecified atom stereocenters. The van der Waals surface area contributed by atoms with Crippen molar-refractivity contribution in [2.75, 3.05) is 17.1 Å². The quantitative estimate of drug-likeness (QED) is 0.444. The van der Waals surface area contributed by atoms with Gasteiger partial charge in [0.2, 0.25) is 21.8 Å². The third-order valence-electron chi connectivity index (χ3n) is 5.02. The van der Waals surface area contributed by atoms with Gasteiger partial charge in [0.15, 0.2) is 0 Å². The molecule has 1 N–H and O–H groups in total. The molecular formula is C23H27Cl3FN3O4S. The summed E-state index contributed by atoms with van der Waals surface area (Å²) in [6, 6.07) is 7.09. The molecule has 0 fully saturated rings. The third kappa shape index (κ3) is 7.96. The summed E-state index contributed by atoms with van der Waals surface area (Å²) >= 11 is 18.0. The highest BCUT2D eigenvalue weighted by Crippen LogP contribution is 2.26. The molecule has 0 heterocycles. The molecule has 0 aliphatic carbocycles. The molecule has 2 aromatic rings. The Bertz CT molecular complexity index is 1190. The molecule has 1 atom stereocenters. The number of carbonyl (C=O) groups excluding carboxylic acids is 2. The number of nitrogens with zero attached hydrogens (tertiary/aromatic N) is 2. The first-order valence-electron chi connectivity index (χ1n) is 10.7. The van der Waals surface area contributed by atoms with Gasteiger partial charge in [0.25, 0.3) is 0 Å². The number of hydrogen-bond acceptors (Lipinski definition) is 4. The molecule has 7 nitrogen and oxygen atoms in total. The van der Waals surface area contributed by atoms with Gasteiger partial charge in [0.05, 0.1) is 27.0 Å². The lowest BCUT2D eigenvalue weighted by atomic mass is 10.1. The maximum atomic E-state index is 13.7. The summed E-state index contributed by atoms with van der Waals surface area (Å²) in [5.74, 6) is -1.76. The maximum Gasteiger partial charge on any atom is 0.244 e. The summed E-state index contributed by atoms with van der Waals surface area (Å²) in [6.07, 6.45) is 1.19. The molecule has 35 heavy (non-hydrogen) atoms. The molecule has 0 radical (unpaired) electrons. The normalized spacial score (nSPS) is 12.4. The fraction of sp³-hybridized carbons (Fsp3) is 0.391. The van der Waals surface area contributed by atoms with Gasteiger partial charge in [-0.25, -0.2) is 12.8 Å². The minimum Gasteiger partial charge on any atom is -0.352 e. The van der Waals surface area contributed by atoms with E-state index in [0.29, 0.717) is 10.6 Å². The van der Waals surface area contributed by atoms with Crippen LogP contribution in [0.5, 0.6) is 0 Å². The van der Waals surface area contributed by atoms with Crippen molar-refractivity contribution >= 4 is 62.3 Å². The molecule has 2 rings (SSSR count). The predicted molar refractivity (Wildman–Crippen MR) is 138 cm³/mol. The number of rotatable bonds is 10. The summed E-state index contributed by atoms with van der Waals surface area (Å²) in [5, 5.41) is 3.10. The smallest absolute Gasteiger partial charge is 0.244 e. The highest BCUT2D eigenvalue weighted by Gasteiger charge is 2.32. The van der Waals surface area contributed by atoms with Crippen molar-refractivity contribution in [3.05, 3.63) is 62.8 Å². The van der Waals surface area contributed by atoms with Gasteiger partial charge in [-0.1, -0.05) is 47.8 Å². The predicted octanol–water partition coefficient (Wildman–Crippen LogP) is 4.88. The Hall–Kier alpha value is -2.07. The van der Waals surface area contributed by atoms with Crippen LogP contribution in [0, 0.1) is 5.82 Å². The Morgan fingerprint density at radius 1 is 1.03 bits per heavy atom. The van der Waals surface area contributed by atoms with Crippen LogP contribution >= 0.6 is 34.8 Å². The minimum absolute atomic E-state index is 0.0152. The molecule has 0 spiro atoms. The molecule has 2 amide bonds. The number of sulfonamides is 1. The number of benzene rings is 2. The zero-order valence-electron chi connectivity index (χ0n) is 19.7. The zero-order valence-corrected chi connectivity index (χ0v) is 22.8. The molecular weight excluding hydrogens is 540 g/mol. The molecule has 0 aliphatic heterocycles. The lowest BCUT2D eigenvalue weighted by molar-refractivity contribution is -0.140. The van der Waals surface area contributed by atoms with E-state index in [0.717, 1.165) is 22.7 Å². The van der Waals surface area contributed by atoms with Gasteiger partial charge in [-0.15, -0.1) is 0 Å². The maximum absolute atomic E-state index is 13.7. The summed E-state index contributed by atoms with van der Waals surface area (Å²) < 4.78 is 39.6. The number of carbonyl (C=O) groups is 2. The highest BCUT2D eigenvalue weighted by molar-refractivity contribution is 7.92. The molecule has 12 heteroatoms. The molecule has 0 saturated carbocycles. The molecule has 2 aromatic carbocycles. The standard InChI is InChI=1S/C23H27Cl3FN3O4S/c1-5-21(23(32)28-14(2)3)29(12-15-6-8-17(24)18(25)10-15)22(31)13-30(35(4,33)34)16-7-9-20(27)19(26)11-16/h6-11,14,21H,5,12-13H2,1-4H3,(H,28,32)/t21-/m1/s1. The van der Waals surface area contributed by atoms with E-state index in [1.54, 1.807) is 39.0 Å². The van der Waals surface area contributed by atoms with Crippen LogP contribution in [0.1, 0.15) is 32.8 Å². The Kier molecular flexibility index (Phi) is 10.2. The molecule has 0 aliphatic rings. The van der Waals surface area contributed by atoms with Crippen LogP contribution in [0.3, 0.4) is 0 Å². The van der Waals surface area contributed by atoms with Gasteiger partial charge in [0.1, 0.15) is 18.4 Å². The van der Waals surface area contributed by atoms with Crippen LogP contribution in [-0.2, 0) is 26.2 Å². The average molecular weight is 567 g/mol. The van der Waals surface area contributed by atoms with E-state index in [9.17, 15) is 22.4 Å². The first kappa shape index (κ1) is 29.2. The van der Waals surface area contributed by atoms with Crippen LogP contribution in [0.4, 0.5) is 10.1 Å². The van der Waals surface area contributed by atoms with Crippen LogP contribution in [0.25, 0.3) is 0 Å². The highest BCUT2D eigenvalue weighted by atomic mass is 35.5. The largest absolute Gasteiger partial charge is 0.352 e. The van der Waals surface area contributed by atoms with Crippen molar-refractivity contribution in [2.24, 2.45) is 0 Å². The van der Waals surface area contributed by atoms with Gasteiger partial charge in [0, 0.05) is 12.6 Å². The average Bonchev–Trinajstić information content (AvgIpc) is 2.75. The monoisotopic (exact) mass is 565 g/mol. The van der Waals surface area contributed by atoms with Crippen LogP contribution in [0.2, 0.25) is 15.1 Å². The fourth-order valence-corrected chi connectivity index (χ4v) is 4.73. The molecule has 0 saturated heterocycles. The van der Waals surface area contributed by atoms with E-state index in [-0.39, 0.29) is 40.6 Å². The van der Waals surface area contributed by atoms with Crippen molar-refractivity contribution in [1.29, 1.82) is 0 Å². The van der Waals surface area contributed by atoms with Gasteiger partial charge in [-0.05, 0) is 56.2 Å². The van der Waals surface area contributed by atoms with Gasteiger partial charge >= 0.3 is 0 Å². The van der Waals surface area contributed by atoms with Crippen molar-refractivity contribution in [2.45, 2.75) is 45.8 Å². The topological polar surface area (TPSA) is 86.8 Å². The summed E-state index contributed by atoms with van der Waals surface area (Å²) in [4.78, 5) is 27.8. The second-order valence-electron chi connectivity index (χ2n) is 8.23. The Morgan fingerprint density at radius 3 is 2.20 bits per heavy atom. The molecule has 192 valence electrons. The van der Waals surface area contributed by atoms with Gasteiger partial charge in [-0.2, -0.15) is 0 Å². The zero-order chi connectivity index (χ0) is 26.5. The van der Waals surface area contributed by atoms with Crippen molar-refractivity contribution < 1.29 is 22.4 Å². The van der Waals surface area contributed by atoms with Crippen molar-refractivity contribution in [1.82, 2.24) is 10.2 Å². The van der Waals surface area contributed by atoms with E-state index >= 15 is 0 Å². The second-order valence-corrected chi connectivity index (χ2v) is 11.4. The van der Waals surface area contributed by atoms with E-state index in [4.69, 9.17) is 34.8 Å². The molecule has 0 bridgehead atoms. The Morgan fingerprint density at radius 2 is 1.69 bits per heavy atom. The molecule has 0 aromatic heterocycles.